The Kier molecular flexibility index (Phi) is 5.35. The number of carboxylic acids is 1. The molecule has 0 spiro atoms. The summed E-state index contributed by atoms with van der Waals surface area (Å²) in [7, 11) is 2.10. The molecule has 1 fully saturated rings. The number of aliphatic hydroxyl groups excluding tert-OH is 1. The molecule has 1 aromatic rings. The number of thioether (sulfide) groups is 1. The van der Waals surface area contributed by atoms with Gasteiger partial charge in [0.15, 0.2) is 4.34 Å². The van der Waals surface area contributed by atoms with Gasteiger partial charge in [-0.3, -0.25) is 9.69 Å². The molecule has 3 aliphatic rings. The molecule has 2 N–H and O–H groups in total. The van der Waals surface area contributed by atoms with Crippen LogP contribution in [0.25, 0.3) is 5.57 Å². The van der Waals surface area contributed by atoms with Gasteiger partial charge in [0.25, 0.3) is 0 Å². The van der Waals surface area contributed by atoms with Crippen LogP contribution in [-0.4, -0.2) is 68.7 Å². The topological polar surface area (TPSA) is 94.0 Å². The fourth-order valence-corrected chi connectivity index (χ4v) is 6.52. The van der Waals surface area contributed by atoms with Crippen molar-refractivity contribution in [3.05, 3.63) is 27.8 Å². The molecule has 3 aliphatic heterocycles. The van der Waals surface area contributed by atoms with Gasteiger partial charge in [0.1, 0.15) is 5.70 Å². The molecule has 4 heterocycles. The molecule has 156 valence electrons. The highest BCUT2D eigenvalue weighted by Gasteiger charge is 2.60. The highest BCUT2D eigenvalue weighted by atomic mass is 32.2. The normalized spacial score (nSPS) is 30.9. The number of likely N-dealkylation sites (N-methyl/N-ethyl adjacent to an activating group) is 1. The zero-order valence-corrected chi connectivity index (χ0v) is 18.5. The summed E-state index contributed by atoms with van der Waals surface area (Å²) in [5, 5.41) is 21.7. The van der Waals surface area contributed by atoms with Crippen LogP contribution in [-0.2, 0) is 9.59 Å². The summed E-state index contributed by atoms with van der Waals surface area (Å²) in [6, 6.07) is 0.156. The second-order valence-corrected chi connectivity index (χ2v) is 10.2. The molecule has 1 aromatic heterocycles. The summed E-state index contributed by atoms with van der Waals surface area (Å²) >= 11 is 2.83. The summed E-state index contributed by atoms with van der Waals surface area (Å²) in [5.74, 6) is -2.12. The van der Waals surface area contributed by atoms with Gasteiger partial charge in [0.05, 0.1) is 23.8 Å². The Balaban J connectivity index is 1.59. The number of amides is 1. The Labute approximate surface area is 178 Å². The van der Waals surface area contributed by atoms with Gasteiger partial charge < -0.3 is 15.1 Å². The van der Waals surface area contributed by atoms with E-state index in [-0.39, 0.29) is 23.6 Å². The van der Waals surface area contributed by atoms with Gasteiger partial charge in [0, 0.05) is 28.8 Å². The molecule has 1 saturated heterocycles. The van der Waals surface area contributed by atoms with Crippen LogP contribution < -0.4 is 0 Å². The van der Waals surface area contributed by atoms with Gasteiger partial charge in [-0.1, -0.05) is 24.8 Å². The lowest BCUT2D eigenvalue weighted by Crippen LogP contribution is -2.63. The molecule has 5 atom stereocenters. The first kappa shape index (κ1) is 20.6. The first-order valence-corrected chi connectivity index (χ1v) is 11.4. The van der Waals surface area contributed by atoms with E-state index in [0.717, 1.165) is 23.0 Å². The van der Waals surface area contributed by atoms with Gasteiger partial charge in [0.2, 0.25) is 5.91 Å². The van der Waals surface area contributed by atoms with Crippen LogP contribution in [0.5, 0.6) is 0 Å². The quantitative estimate of drug-likeness (QED) is 0.686. The maximum Gasteiger partial charge on any atom is 0.353 e. The highest BCUT2D eigenvalue weighted by Crippen LogP contribution is 2.52. The summed E-state index contributed by atoms with van der Waals surface area (Å²) in [6.07, 6.45) is 2.33. The zero-order chi connectivity index (χ0) is 21.0. The van der Waals surface area contributed by atoms with Crippen molar-refractivity contribution >= 4 is 40.5 Å². The van der Waals surface area contributed by atoms with Crippen LogP contribution in [0.15, 0.2) is 26.4 Å². The molecular formula is C20H25N3O4S2. The Morgan fingerprint density at radius 2 is 2.14 bits per heavy atom. The van der Waals surface area contributed by atoms with E-state index in [4.69, 9.17) is 4.98 Å². The molecule has 1 amide bonds. The molecule has 0 bridgehead atoms. The number of aliphatic hydroxyl groups is 1. The SMILES string of the molecule is C[C@H]1C(Sc2nc(C3=CCN(C)[C@@H](C)C3)cs2)=C(C(=O)O)N2C(=O)[C@H]([C@@H](C)O)C12. The molecule has 0 aliphatic carbocycles. The van der Waals surface area contributed by atoms with Crippen molar-refractivity contribution in [3.8, 4) is 0 Å². The van der Waals surface area contributed by atoms with Gasteiger partial charge in [-0.2, -0.15) is 0 Å². The molecule has 0 aromatic carbocycles. The second kappa shape index (κ2) is 7.54. The molecule has 4 rings (SSSR count). The van der Waals surface area contributed by atoms with E-state index in [0.29, 0.717) is 10.9 Å². The number of β-lactam (4-membered cyclic amide) rings is 1. The van der Waals surface area contributed by atoms with Gasteiger partial charge >= 0.3 is 5.97 Å². The Morgan fingerprint density at radius 3 is 2.76 bits per heavy atom. The molecule has 0 saturated carbocycles. The van der Waals surface area contributed by atoms with E-state index in [1.165, 1.54) is 33.6 Å². The number of thiazole rings is 1. The van der Waals surface area contributed by atoms with E-state index < -0.39 is 18.0 Å². The van der Waals surface area contributed by atoms with Crippen LogP contribution in [0, 0.1) is 11.8 Å². The van der Waals surface area contributed by atoms with Crippen molar-refractivity contribution in [3.63, 3.8) is 0 Å². The van der Waals surface area contributed by atoms with E-state index >= 15 is 0 Å². The highest BCUT2D eigenvalue weighted by molar-refractivity contribution is 8.04. The van der Waals surface area contributed by atoms with E-state index in [9.17, 15) is 19.8 Å². The standard InChI is InChI=1S/C20H25N3O4S2/c1-9-7-12(5-6-22(9)4)13-8-28-20(21-13)29-17-10(2)15-14(11(3)24)18(25)23(15)16(17)19(26)27/h5,8-11,14-15,24H,6-7H2,1-4H3,(H,26,27)/t9-,10+,11+,14+,15?/m0/s1. The third-order valence-electron chi connectivity index (χ3n) is 6.21. The van der Waals surface area contributed by atoms with Crippen LogP contribution in [0.2, 0.25) is 0 Å². The molecule has 7 nitrogen and oxygen atoms in total. The Bertz CT molecular complexity index is 923. The first-order chi connectivity index (χ1) is 13.7. The van der Waals surface area contributed by atoms with Crippen LogP contribution >= 0.6 is 23.1 Å². The maximum absolute atomic E-state index is 12.4. The Morgan fingerprint density at radius 1 is 1.41 bits per heavy atom. The number of carbonyl (C=O) groups excluding carboxylic acids is 1. The summed E-state index contributed by atoms with van der Waals surface area (Å²) < 4.78 is 0.775. The smallest absolute Gasteiger partial charge is 0.353 e. The fraction of sp³-hybridized carbons (Fsp3) is 0.550. The van der Waals surface area contributed by atoms with Gasteiger partial charge in [-0.25, -0.2) is 9.78 Å². The number of carbonyl (C=O) groups is 2. The molecular weight excluding hydrogens is 410 g/mol. The minimum absolute atomic E-state index is 0.0401. The number of aliphatic carboxylic acids is 1. The minimum atomic E-state index is -1.11. The van der Waals surface area contributed by atoms with Crippen molar-refractivity contribution in [1.82, 2.24) is 14.8 Å². The number of fused-ring (bicyclic) bond motifs is 1. The zero-order valence-electron chi connectivity index (χ0n) is 16.8. The largest absolute Gasteiger partial charge is 0.477 e. The number of hydrogen-bond donors (Lipinski definition) is 2. The average Bonchev–Trinajstić information content (AvgIpc) is 3.20. The summed E-state index contributed by atoms with van der Waals surface area (Å²) in [6.45, 7) is 6.59. The Hall–Kier alpha value is -1.68. The van der Waals surface area contributed by atoms with E-state index in [2.05, 4.69) is 24.9 Å². The summed E-state index contributed by atoms with van der Waals surface area (Å²) in [4.78, 5) is 33.4. The molecule has 1 unspecified atom stereocenters. The van der Waals surface area contributed by atoms with E-state index in [1.54, 1.807) is 6.92 Å². The van der Waals surface area contributed by atoms with Crippen LogP contribution in [0.4, 0.5) is 0 Å². The lowest BCUT2D eigenvalue weighted by atomic mass is 9.79. The van der Waals surface area contributed by atoms with Gasteiger partial charge in [-0.05, 0) is 32.9 Å². The average molecular weight is 436 g/mol. The van der Waals surface area contributed by atoms with Crippen LogP contribution in [0.1, 0.15) is 32.9 Å². The number of hydrogen-bond acceptors (Lipinski definition) is 7. The lowest BCUT2D eigenvalue weighted by molar-refractivity contribution is -0.163. The number of nitrogens with zero attached hydrogens (tertiary/aromatic N) is 3. The molecule has 9 heteroatoms. The molecule has 0 radical (unpaired) electrons. The predicted octanol–water partition coefficient (Wildman–Crippen LogP) is 2.50. The third kappa shape index (κ3) is 3.34. The van der Waals surface area contributed by atoms with Crippen molar-refractivity contribution < 1.29 is 19.8 Å². The number of aromatic nitrogens is 1. The van der Waals surface area contributed by atoms with Crippen molar-refractivity contribution in [1.29, 1.82) is 0 Å². The first-order valence-electron chi connectivity index (χ1n) is 9.72. The predicted molar refractivity (Wildman–Crippen MR) is 112 cm³/mol. The maximum atomic E-state index is 12.4. The number of rotatable bonds is 5. The monoisotopic (exact) mass is 435 g/mol. The molecule has 29 heavy (non-hydrogen) atoms. The van der Waals surface area contributed by atoms with Crippen LogP contribution in [0.3, 0.4) is 0 Å². The fourth-order valence-electron chi connectivity index (χ4n) is 4.40. The second-order valence-electron chi connectivity index (χ2n) is 8.09. The van der Waals surface area contributed by atoms with Crippen molar-refractivity contribution in [2.45, 2.75) is 49.7 Å². The van der Waals surface area contributed by atoms with Crippen molar-refractivity contribution in [2.24, 2.45) is 11.8 Å². The lowest BCUT2D eigenvalue weighted by Gasteiger charge is -2.46. The summed E-state index contributed by atoms with van der Waals surface area (Å²) in [5.41, 5.74) is 2.21. The van der Waals surface area contributed by atoms with Crippen molar-refractivity contribution in [2.75, 3.05) is 13.6 Å². The van der Waals surface area contributed by atoms with Gasteiger partial charge in [-0.15, -0.1) is 11.3 Å². The minimum Gasteiger partial charge on any atom is -0.477 e. The number of carboxylic acid groups (broad SMARTS) is 1. The third-order valence-corrected chi connectivity index (χ3v) is 8.44. The van der Waals surface area contributed by atoms with E-state index in [1.807, 2.05) is 12.3 Å².